The zero-order chi connectivity index (χ0) is 18.8. The number of aromatic amines is 1. The first-order chi connectivity index (χ1) is 12.4. The van der Waals surface area contributed by atoms with Crippen molar-refractivity contribution in [3.63, 3.8) is 0 Å². The van der Waals surface area contributed by atoms with Gasteiger partial charge in [0.25, 0.3) is 5.56 Å². The van der Waals surface area contributed by atoms with Crippen LogP contribution in [0.2, 0.25) is 5.02 Å². The summed E-state index contributed by atoms with van der Waals surface area (Å²) in [6.07, 6.45) is 0. The fourth-order valence-corrected chi connectivity index (χ4v) is 2.99. The lowest BCUT2D eigenvalue weighted by atomic mass is 10.1. The van der Waals surface area contributed by atoms with Gasteiger partial charge in [-0.2, -0.15) is 5.26 Å². The molecule has 2 aromatic carbocycles. The minimum absolute atomic E-state index is 0.121. The second-order valence-electron chi connectivity index (χ2n) is 5.80. The molecule has 0 unspecified atom stereocenters. The van der Waals surface area contributed by atoms with Gasteiger partial charge in [0.1, 0.15) is 17.6 Å². The van der Waals surface area contributed by atoms with Crippen molar-refractivity contribution in [2.24, 2.45) is 0 Å². The molecule has 1 aromatic heterocycles. The number of anilines is 1. The van der Waals surface area contributed by atoms with Crippen molar-refractivity contribution in [1.82, 2.24) is 4.98 Å². The van der Waals surface area contributed by atoms with Gasteiger partial charge in [-0.05, 0) is 37.3 Å². The number of halogens is 2. The highest BCUT2D eigenvalue weighted by atomic mass is 35.5. The van der Waals surface area contributed by atoms with E-state index in [0.29, 0.717) is 28.0 Å². The van der Waals surface area contributed by atoms with Crippen LogP contribution < -0.4 is 15.6 Å². The summed E-state index contributed by atoms with van der Waals surface area (Å²) >= 11 is 5.90. The maximum Gasteiger partial charge on any atom is 0.253 e. The summed E-state index contributed by atoms with van der Waals surface area (Å²) < 4.78 is 19.1. The monoisotopic (exact) mass is 371 g/mol. The fraction of sp³-hybridized carbons (Fsp3) is 0.158. The second-order valence-corrected chi connectivity index (χ2v) is 6.23. The van der Waals surface area contributed by atoms with Crippen molar-refractivity contribution in [3.05, 3.63) is 68.7 Å². The van der Waals surface area contributed by atoms with E-state index in [1.54, 1.807) is 30.3 Å². The maximum absolute atomic E-state index is 14.0. The van der Waals surface area contributed by atoms with Gasteiger partial charge in [-0.25, -0.2) is 4.39 Å². The Labute approximate surface area is 154 Å². The number of nitrogens with one attached hydrogen (secondary N) is 2. The Bertz CT molecular complexity index is 1090. The van der Waals surface area contributed by atoms with Crippen LogP contribution in [0.3, 0.4) is 0 Å². The van der Waals surface area contributed by atoms with Gasteiger partial charge in [-0.3, -0.25) is 4.79 Å². The van der Waals surface area contributed by atoms with E-state index < -0.39 is 5.82 Å². The normalized spacial score (nSPS) is 11.8. The smallest absolute Gasteiger partial charge is 0.253 e. The number of H-pyrrole nitrogens is 1. The molecular formula is C19H15ClFN3O2. The van der Waals surface area contributed by atoms with Gasteiger partial charge in [0, 0.05) is 27.7 Å². The quantitative estimate of drug-likeness (QED) is 0.713. The number of nitrogens with zero attached hydrogens (tertiary/aromatic N) is 1. The molecule has 0 amide bonds. The lowest BCUT2D eigenvalue weighted by Gasteiger charge is -2.16. The summed E-state index contributed by atoms with van der Waals surface area (Å²) in [6.45, 7) is 1.81. The molecule has 0 aliphatic heterocycles. The SMILES string of the molecule is COc1cc(N[C@@H](C)c2cc3cc(Cl)cc(F)c3[nH]c2=O)ccc1C#N. The van der Waals surface area contributed by atoms with Crippen LogP contribution in [0.15, 0.2) is 41.2 Å². The zero-order valence-corrected chi connectivity index (χ0v) is 14.8. The number of hydrogen-bond acceptors (Lipinski definition) is 4. The molecule has 0 aliphatic rings. The van der Waals surface area contributed by atoms with Gasteiger partial charge in [-0.1, -0.05) is 11.6 Å². The van der Waals surface area contributed by atoms with Gasteiger partial charge < -0.3 is 15.0 Å². The van der Waals surface area contributed by atoms with Gasteiger partial charge in [0.2, 0.25) is 0 Å². The number of methoxy groups -OCH3 is 1. The van der Waals surface area contributed by atoms with E-state index in [-0.39, 0.29) is 22.1 Å². The summed E-state index contributed by atoms with van der Waals surface area (Å²) in [7, 11) is 1.48. The van der Waals surface area contributed by atoms with Crippen LogP contribution >= 0.6 is 11.6 Å². The summed E-state index contributed by atoms with van der Waals surface area (Å²) in [6, 6.07) is 11.1. The summed E-state index contributed by atoms with van der Waals surface area (Å²) in [5.41, 5.74) is 1.27. The third kappa shape index (κ3) is 3.35. The van der Waals surface area contributed by atoms with E-state index in [0.717, 1.165) is 6.07 Å². The Balaban J connectivity index is 1.98. The molecule has 5 nitrogen and oxygen atoms in total. The van der Waals surface area contributed by atoms with Crippen molar-refractivity contribution in [2.45, 2.75) is 13.0 Å². The van der Waals surface area contributed by atoms with E-state index >= 15 is 0 Å². The van der Waals surface area contributed by atoms with Crippen molar-refractivity contribution in [2.75, 3.05) is 12.4 Å². The van der Waals surface area contributed by atoms with Gasteiger partial charge >= 0.3 is 0 Å². The molecule has 1 atom stereocenters. The highest BCUT2D eigenvalue weighted by Crippen LogP contribution is 2.27. The van der Waals surface area contributed by atoms with Crippen molar-refractivity contribution >= 4 is 28.2 Å². The molecule has 2 N–H and O–H groups in total. The van der Waals surface area contributed by atoms with E-state index in [1.165, 1.54) is 7.11 Å². The minimum Gasteiger partial charge on any atom is -0.495 e. The predicted molar refractivity (Wildman–Crippen MR) is 99.3 cm³/mol. The van der Waals surface area contributed by atoms with Crippen molar-refractivity contribution < 1.29 is 9.13 Å². The number of nitriles is 1. The van der Waals surface area contributed by atoms with Gasteiger partial charge in [-0.15, -0.1) is 0 Å². The van der Waals surface area contributed by atoms with Crippen LogP contribution in [0, 0.1) is 17.1 Å². The maximum atomic E-state index is 14.0. The molecule has 3 aromatic rings. The van der Waals surface area contributed by atoms with Crippen LogP contribution in [-0.4, -0.2) is 12.1 Å². The number of fused-ring (bicyclic) bond motifs is 1. The van der Waals surface area contributed by atoms with E-state index in [2.05, 4.69) is 10.3 Å². The second kappa shape index (κ2) is 7.06. The minimum atomic E-state index is -0.575. The van der Waals surface area contributed by atoms with E-state index in [4.69, 9.17) is 21.6 Å². The van der Waals surface area contributed by atoms with Crippen molar-refractivity contribution in [1.29, 1.82) is 5.26 Å². The summed E-state index contributed by atoms with van der Waals surface area (Å²) in [5.74, 6) is -0.139. The molecule has 1 heterocycles. The first-order valence-electron chi connectivity index (χ1n) is 7.79. The molecule has 3 rings (SSSR count). The number of rotatable bonds is 4. The van der Waals surface area contributed by atoms with Crippen LogP contribution in [0.1, 0.15) is 24.1 Å². The number of hydrogen-bond donors (Lipinski definition) is 2. The highest BCUT2D eigenvalue weighted by molar-refractivity contribution is 6.31. The largest absolute Gasteiger partial charge is 0.495 e. The first-order valence-corrected chi connectivity index (χ1v) is 8.17. The van der Waals surface area contributed by atoms with Crippen LogP contribution in [0.4, 0.5) is 10.1 Å². The van der Waals surface area contributed by atoms with E-state index in [9.17, 15) is 9.18 Å². The average molecular weight is 372 g/mol. The lowest BCUT2D eigenvalue weighted by molar-refractivity contribution is 0.413. The fourth-order valence-electron chi connectivity index (χ4n) is 2.78. The Morgan fingerprint density at radius 3 is 2.77 bits per heavy atom. The molecule has 26 heavy (non-hydrogen) atoms. The summed E-state index contributed by atoms with van der Waals surface area (Å²) in [4.78, 5) is 14.9. The first kappa shape index (κ1) is 17.8. The highest BCUT2D eigenvalue weighted by Gasteiger charge is 2.14. The van der Waals surface area contributed by atoms with Crippen LogP contribution in [-0.2, 0) is 0 Å². The molecule has 0 fully saturated rings. The Hall–Kier alpha value is -3.04. The number of ether oxygens (including phenoxy) is 1. The third-order valence-electron chi connectivity index (χ3n) is 4.07. The summed E-state index contributed by atoms with van der Waals surface area (Å²) in [5, 5.41) is 13.0. The molecule has 0 bridgehead atoms. The van der Waals surface area contributed by atoms with Crippen LogP contribution in [0.5, 0.6) is 5.75 Å². The standard InChI is InChI=1S/C19H15ClFN3O2/c1-10(23-14-4-3-11(9-22)17(8-14)26-2)15-6-12-5-13(20)7-16(21)18(12)24-19(15)25/h3-8,10,23H,1-2H3,(H,24,25)/t10-/m0/s1. The van der Waals surface area contributed by atoms with E-state index in [1.807, 2.05) is 13.0 Å². The molecule has 0 radical (unpaired) electrons. The van der Waals surface area contributed by atoms with Crippen LogP contribution in [0.25, 0.3) is 10.9 Å². The lowest BCUT2D eigenvalue weighted by Crippen LogP contribution is -2.19. The number of pyridine rings is 1. The topological polar surface area (TPSA) is 77.9 Å². The average Bonchev–Trinajstić information content (AvgIpc) is 2.61. The van der Waals surface area contributed by atoms with Crippen molar-refractivity contribution in [3.8, 4) is 11.8 Å². The Morgan fingerprint density at radius 1 is 1.31 bits per heavy atom. The number of benzene rings is 2. The molecule has 0 saturated heterocycles. The third-order valence-corrected chi connectivity index (χ3v) is 4.29. The zero-order valence-electron chi connectivity index (χ0n) is 14.1. The molecule has 0 aliphatic carbocycles. The Morgan fingerprint density at radius 2 is 2.08 bits per heavy atom. The predicted octanol–water partition coefficient (Wildman–Crippen LogP) is 4.37. The number of aromatic nitrogens is 1. The van der Waals surface area contributed by atoms with Gasteiger partial charge in [0.05, 0.1) is 24.2 Å². The molecule has 132 valence electrons. The molecule has 7 heteroatoms. The molecule has 0 spiro atoms. The molecule has 0 saturated carbocycles. The molecular weight excluding hydrogens is 357 g/mol. The van der Waals surface area contributed by atoms with Gasteiger partial charge in [0.15, 0.2) is 0 Å². The Kier molecular flexibility index (Phi) is 4.83.